The monoisotopic (exact) mass is 477 g/mol. The summed E-state index contributed by atoms with van der Waals surface area (Å²) >= 11 is 1.08. The van der Waals surface area contributed by atoms with Crippen molar-refractivity contribution in [3.05, 3.63) is 74.9 Å². The molecule has 0 aliphatic carbocycles. The minimum Gasteiger partial charge on any atom is -0.476 e. The Morgan fingerprint density at radius 3 is 2.56 bits per heavy atom. The molecule has 2 heterocycles. The number of fused-ring (bicyclic) bond motifs is 1. The summed E-state index contributed by atoms with van der Waals surface area (Å²) in [6.45, 7) is 3.18. The molecule has 0 aliphatic heterocycles. The number of carbonyl (C=O) groups is 2. The Hall–Kier alpha value is -3.98. The minimum atomic E-state index is -0.514. The lowest BCUT2D eigenvalue weighted by atomic mass is 10.1. The van der Waals surface area contributed by atoms with Crippen LogP contribution in [0.4, 0.5) is 5.13 Å². The fraction of sp³-hybridized carbons (Fsp3) is 0.200. The van der Waals surface area contributed by atoms with Gasteiger partial charge < -0.3 is 14.1 Å². The third kappa shape index (κ3) is 4.69. The highest BCUT2D eigenvalue weighted by molar-refractivity contribution is 7.17. The van der Waals surface area contributed by atoms with Crippen molar-refractivity contribution in [1.82, 2.24) is 9.88 Å². The van der Waals surface area contributed by atoms with E-state index in [-0.39, 0.29) is 28.0 Å². The van der Waals surface area contributed by atoms with Crippen LogP contribution in [-0.2, 0) is 4.79 Å². The number of rotatable bonds is 6. The van der Waals surface area contributed by atoms with E-state index in [1.165, 1.54) is 4.90 Å². The number of thiazole rings is 1. The summed E-state index contributed by atoms with van der Waals surface area (Å²) in [6.07, 6.45) is 0. The Bertz CT molecular complexity index is 1440. The van der Waals surface area contributed by atoms with Crippen molar-refractivity contribution >= 4 is 39.3 Å². The smallest absolute Gasteiger partial charge is 0.265 e. The highest BCUT2D eigenvalue weighted by Gasteiger charge is 2.21. The molecule has 4 aromatic rings. The Labute approximate surface area is 199 Å². The van der Waals surface area contributed by atoms with Crippen molar-refractivity contribution in [3.8, 4) is 17.1 Å². The van der Waals surface area contributed by atoms with Gasteiger partial charge in [0.25, 0.3) is 11.8 Å². The maximum atomic E-state index is 13.2. The number of aromatic nitrogens is 1. The van der Waals surface area contributed by atoms with Gasteiger partial charge in [-0.1, -0.05) is 47.7 Å². The van der Waals surface area contributed by atoms with Gasteiger partial charge in [-0.3, -0.25) is 19.7 Å². The van der Waals surface area contributed by atoms with Gasteiger partial charge in [-0.15, -0.1) is 0 Å². The Morgan fingerprint density at radius 1 is 1.12 bits per heavy atom. The van der Waals surface area contributed by atoms with E-state index < -0.39 is 12.5 Å². The topological polar surface area (TPSA) is 102 Å². The van der Waals surface area contributed by atoms with Gasteiger partial charge in [0, 0.05) is 19.7 Å². The van der Waals surface area contributed by atoms with E-state index in [1.807, 2.05) is 31.2 Å². The number of nitrogens with zero attached hydrogens (tertiary/aromatic N) is 2. The maximum absolute atomic E-state index is 13.2. The molecule has 174 valence electrons. The van der Waals surface area contributed by atoms with Crippen LogP contribution in [0.5, 0.6) is 5.75 Å². The second-order valence-electron chi connectivity index (χ2n) is 7.93. The first-order chi connectivity index (χ1) is 16.2. The van der Waals surface area contributed by atoms with Gasteiger partial charge in [0.1, 0.15) is 10.5 Å². The van der Waals surface area contributed by atoms with Crippen molar-refractivity contribution in [2.24, 2.45) is 0 Å². The average Bonchev–Trinajstić information content (AvgIpc) is 3.17. The molecule has 2 amide bonds. The van der Waals surface area contributed by atoms with Crippen LogP contribution in [0.1, 0.15) is 20.9 Å². The fourth-order valence-electron chi connectivity index (χ4n) is 3.34. The van der Waals surface area contributed by atoms with Crippen LogP contribution in [0.3, 0.4) is 0 Å². The molecule has 34 heavy (non-hydrogen) atoms. The molecule has 0 atom stereocenters. The van der Waals surface area contributed by atoms with E-state index in [1.54, 1.807) is 45.3 Å². The van der Waals surface area contributed by atoms with E-state index in [9.17, 15) is 14.4 Å². The van der Waals surface area contributed by atoms with Crippen LogP contribution in [0.25, 0.3) is 22.3 Å². The SMILES string of the molecule is Cc1ccc2c(=O)c(OCC(=O)Nc3nc(C)c(C(=O)N(C)C)s3)c(-c3ccccc3)oc2c1. The molecule has 8 nitrogen and oxygen atoms in total. The van der Waals surface area contributed by atoms with E-state index >= 15 is 0 Å². The van der Waals surface area contributed by atoms with Crippen molar-refractivity contribution in [2.75, 3.05) is 26.0 Å². The molecule has 0 fully saturated rings. The summed E-state index contributed by atoms with van der Waals surface area (Å²) in [6, 6.07) is 14.4. The first-order valence-corrected chi connectivity index (χ1v) is 11.3. The molecule has 0 bridgehead atoms. The third-order valence-electron chi connectivity index (χ3n) is 5.03. The fourth-order valence-corrected chi connectivity index (χ4v) is 4.34. The standard InChI is InChI=1S/C25H23N3O5S/c1-14-10-11-17-18(12-14)33-21(16-8-6-5-7-9-16)22(20(17)30)32-13-19(29)27-25-26-15(2)23(34-25)24(31)28(3)4/h5-12H,13H2,1-4H3,(H,26,27,29). The number of hydrogen-bond donors (Lipinski definition) is 1. The lowest BCUT2D eigenvalue weighted by Gasteiger charge is -2.12. The summed E-state index contributed by atoms with van der Waals surface area (Å²) in [4.78, 5) is 44.2. The van der Waals surface area contributed by atoms with Crippen LogP contribution in [-0.4, -0.2) is 42.4 Å². The van der Waals surface area contributed by atoms with Crippen molar-refractivity contribution in [2.45, 2.75) is 13.8 Å². The molecule has 1 N–H and O–H groups in total. The Morgan fingerprint density at radius 2 is 1.85 bits per heavy atom. The molecule has 0 spiro atoms. The quantitative estimate of drug-likeness (QED) is 0.445. The average molecular weight is 478 g/mol. The molecular weight excluding hydrogens is 454 g/mol. The number of hydrogen-bond acceptors (Lipinski definition) is 7. The van der Waals surface area contributed by atoms with E-state index in [4.69, 9.17) is 9.15 Å². The molecule has 4 rings (SSSR count). The number of benzene rings is 2. The van der Waals surface area contributed by atoms with E-state index in [2.05, 4.69) is 10.3 Å². The van der Waals surface area contributed by atoms with Crippen LogP contribution in [0.2, 0.25) is 0 Å². The van der Waals surface area contributed by atoms with Crippen LogP contribution >= 0.6 is 11.3 Å². The molecule has 9 heteroatoms. The van der Waals surface area contributed by atoms with Gasteiger partial charge in [0.15, 0.2) is 17.5 Å². The highest BCUT2D eigenvalue weighted by Crippen LogP contribution is 2.31. The number of carbonyl (C=O) groups excluding carboxylic acids is 2. The van der Waals surface area contributed by atoms with Gasteiger partial charge in [0.2, 0.25) is 11.2 Å². The van der Waals surface area contributed by atoms with Gasteiger partial charge in [-0.2, -0.15) is 0 Å². The van der Waals surface area contributed by atoms with Crippen LogP contribution in [0, 0.1) is 13.8 Å². The molecule has 0 unspecified atom stereocenters. The summed E-state index contributed by atoms with van der Waals surface area (Å²) in [7, 11) is 3.29. The number of anilines is 1. The van der Waals surface area contributed by atoms with Crippen LogP contribution < -0.4 is 15.5 Å². The number of amides is 2. The van der Waals surface area contributed by atoms with Gasteiger partial charge in [-0.05, 0) is 31.5 Å². The predicted molar refractivity (Wildman–Crippen MR) is 132 cm³/mol. The molecule has 0 radical (unpaired) electrons. The molecular formula is C25H23N3O5S. The van der Waals surface area contributed by atoms with Crippen molar-refractivity contribution < 1.29 is 18.7 Å². The lowest BCUT2D eigenvalue weighted by Crippen LogP contribution is -2.22. The zero-order chi connectivity index (χ0) is 24.4. The lowest BCUT2D eigenvalue weighted by molar-refractivity contribution is -0.118. The second kappa shape index (κ2) is 9.48. The van der Waals surface area contributed by atoms with Gasteiger partial charge >= 0.3 is 0 Å². The van der Waals surface area contributed by atoms with E-state index in [0.717, 1.165) is 16.9 Å². The summed E-state index contributed by atoms with van der Waals surface area (Å²) in [5.41, 5.74) is 2.21. The first-order valence-electron chi connectivity index (χ1n) is 10.5. The summed E-state index contributed by atoms with van der Waals surface area (Å²) in [5.74, 6) is -0.500. The predicted octanol–water partition coefficient (Wildman–Crippen LogP) is 4.25. The summed E-state index contributed by atoms with van der Waals surface area (Å²) < 4.78 is 11.8. The minimum absolute atomic E-state index is 0.0449. The van der Waals surface area contributed by atoms with Crippen molar-refractivity contribution in [3.63, 3.8) is 0 Å². The highest BCUT2D eigenvalue weighted by atomic mass is 32.1. The zero-order valence-corrected chi connectivity index (χ0v) is 20.0. The molecule has 0 saturated heterocycles. The molecule has 0 saturated carbocycles. The molecule has 0 aliphatic rings. The Kier molecular flexibility index (Phi) is 6.47. The molecule has 2 aromatic heterocycles. The van der Waals surface area contributed by atoms with Crippen molar-refractivity contribution in [1.29, 1.82) is 0 Å². The normalized spacial score (nSPS) is 10.8. The van der Waals surface area contributed by atoms with Gasteiger partial charge in [0.05, 0.1) is 11.1 Å². The second-order valence-corrected chi connectivity index (χ2v) is 8.92. The van der Waals surface area contributed by atoms with Gasteiger partial charge in [-0.25, -0.2) is 4.98 Å². The Balaban J connectivity index is 1.61. The zero-order valence-electron chi connectivity index (χ0n) is 19.2. The van der Waals surface area contributed by atoms with E-state index in [0.29, 0.717) is 27.1 Å². The number of ether oxygens (including phenoxy) is 1. The van der Waals surface area contributed by atoms with Crippen LogP contribution in [0.15, 0.2) is 57.7 Å². The third-order valence-corrected chi connectivity index (χ3v) is 6.09. The number of aryl methyl sites for hydroxylation is 2. The first kappa shape index (κ1) is 23.2. The molecule has 2 aromatic carbocycles. The maximum Gasteiger partial charge on any atom is 0.265 e. The largest absolute Gasteiger partial charge is 0.476 e. The summed E-state index contributed by atoms with van der Waals surface area (Å²) in [5, 5.41) is 3.27. The number of nitrogens with one attached hydrogen (secondary N) is 1.